The number of hydrogen-bond donors (Lipinski definition) is 1. The van der Waals surface area contributed by atoms with Gasteiger partial charge in [0.1, 0.15) is 5.75 Å². The maximum absolute atomic E-state index is 12.5. The largest absolute Gasteiger partial charge is 0.481 e. The summed E-state index contributed by atoms with van der Waals surface area (Å²) < 4.78 is 5.81. The summed E-state index contributed by atoms with van der Waals surface area (Å²) in [6, 6.07) is 9.89. The quantitative estimate of drug-likeness (QED) is 0.794. The Hall–Kier alpha value is -2.00. The van der Waals surface area contributed by atoms with E-state index in [9.17, 15) is 4.79 Å². The van der Waals surface area contributed by atoms with Gasteiger partial charge in [-0.05, 0) is 75.9 Å². The van der Waals surface area contributed by atoms with Crippen LogP contribution in [0.25, 0.3) is 0 Å². The Balaban J connectivity index is 2.06. The molecule has 0 bridgehead atoms. The minimum absolute atomic E-state index is 0.0767. The average molecular weight is 360 g/mol. The normalized spacial score (nSPS) is 13.2. The molecule has 4 heteroatoms. The van der Waals surface area contributed by atoms with Gasteiger partial charge in [0, 0.05) is 5.02 Å². The zero-order valence-corrected chi connectivity index (χ0v) is 16.5. The van der Waals surface area contributed by atoms with E-state index in [-0.39, 0.29) is 11.9 Å². The molecular weight excluding hydrogens is 334 g/mol. The molecule has 0 aliphatic heterocycles. The topological polar surface area (TPSA) is 38.3 Å². The molecule has 134 valence electrons. The van der Waals surface area contributed by atoms with Crippen molar-refractivity contribution in [3.05, 3.63) is 63.2 Å². The van der Waals surface area contributed by atoms with Gasteiger partial charge in [0.05, 0.1) is 6.04 Å². The first kappa shape index (κ1) is 19.3. The van der Waals surface area contributed by atoms with E-state index in [0.717, 1.165) is 27.3 Å². The Bertz CT molecular complexity index is 762. The van der Waals surface area contributed by atoms with Gasteiger partial charge in [-0.25, -0.2) is 0 Å². The fraction of sp³-hybridized carbons (Fsp3) is 0.381. The van der Waals surface area contributed by atoms with Gasteiger partial charge in [0.25, 0.3) is 5.91 Å². The third-order valence-electron chi connectivity index (χ3n) is 4.35. The molecule has 2 aromatic rings. The van der Waals surface area contributed by atoms with Crippen LogP contribution in [-0.2, 0) is 4.79 Å². The minimum Gasteiger partial charge on any atom is -0.481 e. The highest BCUT2D eigenvalue weighted by atomic mass is 35.5. The van der Waals surface area contributed by atoms with Crippen LogP contribution >= 0.6 is 11.6 Å². The lowest BCUT2D eigenvalue weighted by Crippen LogP contribution is -2.38. The first-order chi connectivity index (χ1) is 11.7. The van der Waals surface area contributed by atoms with Gasteiger partial charge in [-0.1, -0.05) is 35.4 Å². The molecule has 1 N–H and O–H groups in total. The van der Waals surface area contributed by atoms with Crippen LogP contribution < -0.4 is 10.1 Å². The van der Waals surface area contributed by atoms with Crippen molar-refractivity contribution in [2.75, 3.05) is 0 Å². The van der Waals surface area contributed by atoms with Crippen LogP contribution in [0.1, 0.15) is 47.7 Å². The molecule has 0 aliphatic carbocycles. The third-order valence-corrected chi connectivity index (χ3v) is 4.95. The Labute approximate surface area is 155 Å². The van der Waals surface area contributed by atoms with Crippen molar-refractivity contribution >= 4 is 17.5 Å². The number of aryl methyl sites for hydroxylation is 4. The van der Waals surface area contributed by atoms with E-state index in [0.29, 0.717) is 5.75 Å². The predicted octanol–water partition coefficient (Wildman–Crippen LogP) is 5.22. The van der Waals surface area contributed by atoms with Crippen LogP contribution in [0.15, 0.2) is 30.3 Å². The summed E-state index contributed by atoms with van der Waals surface area (Å²) in [5.41, 5.74) is 5.34. The summed E-state index contributed by atoms with van der Waals surface area (Å²) in [7, 11) is 0. The van der Waals surface area contributed by atoms with E-state index < -0.39 is 6.10 Å². The molecule has 0 aromatic heterocycles. The average Bonchev–Trinajstić information content (AvgIpc) is 2.54. The molecule has 1 amide bonds. The lowest BCUT2D eigenvalue weighted by Gasteiger charge is -2.21. The van der Waals surface area contributed by atoms with Crippen LogP contribution in [0.3, 0.4) is 0 Å². The van der Waals surface area contributed by atoms with Gasteiger partial charge in [-0.2, -0.15) is 0 Å². The van der Waals surface area contributed by atoms with Crippen LogP contribution in [0, 0.1) is 27.7 Å². The Morgan fingerprint density at radius 1 is 1.00 bits per heavy atom. The fourth-order valence-electron chi connectivity index (χ4n) is 2.87. The van der Waals surface area contributed by atoms with Crippen LogP contribution in [0.5, 0.6) is 5.75 Å². The molecule has 0 aliphatic rings. The molecular formula is C21H26ClNO2. The van der Waals surface area contributed by atoms with Crippen LogP contribution in [-0.4, -0.2) is 12.0 Å². The van der Waals surface area contributed by atoms with Crippen LogP contribution in [0.2, 0.25) is 5.02 Å². The highest BCUT2D eigenvalue weighted by molar-refractivity contribution is 6.32. The summed E-state index contributed by atoms with van der Waals surface area (Å²) in [4.78, 5) is 12.5. The molecule has 3 nitrogen and oxygen atoms in total. The molecule has 0 radical (unpaired) electrons. The number of halogens is 1. The highest BCUT2D eigenvalue weighted by Crippen LogP contribution is 2.26. The molecule has 2 aromatic carbocycles. The number of carbonyl (C=O) groups is 1. The second kappa shape index (κ2) is 7.92. The summed E-state index contributed by atoms with van der Waals surface area (Å²) >= 11 is 6.18. The fourth-order valence-corrected chi connectivity index (χ4v) is 2.98. The molecule has 0 saturated heterocycles. The van der Waals surface area contributed by atoms with Gasteiger partial charge in [-0.3, -0.25) is 4.79 Å². The predicted molar refractivity (Wildman–Crippen MR) is 103 cm³/mol. The smallest absolute Gasteiger partial charge is 0.261 e. The van der Waals surface area contributed by atoms with Gasteiger partial charge in [-0.15, -0.1) is 0 Å². The Kier molecular flexibility index (Phi) is 6.12. The van der Waals surface area contributed by atoms with Crippen molar-refractivity contribution in [3.8, 4) is 5.75 Å². The highest BCUT2D eigenvalue weighted by Gasteiger charge is 2.19. The third kappa shape index (κ3) is 4.76. The number of ether oxygens (including phenoxy) is 1. The first-order valence-corrected chi connectivity index (χ1v) is 8.87. The van der Waals surface area contributed by atoms with E-state index in [4.69, 9.17) is 16.3 Å². The van der Waals surface area contributed by atoms with Gasteiger partial charge >= 0.3 is 0 Å². The molecule has 2 rings (SSSR count). The van der Waals surface area contributed by atoms with E-state index >= 15 is 0 Å². The second-order valence-corrected chi connectivity index (χ2v) is 7.10. The van der Waals surface area contributed by atoms with E-state index in [1.807, 2.05) is 32.9 Å². The van der Waals surface area contributed by atoms with Crippen LogP contribution in [0.4, 0.5) is 0 Å². The maximum Gasteiger partial charge on any atom is 0.261 e. The SMILES string of the molecule is Cc1ccc(C)c(C(C)NC(=O)C(C)Oc2cc(C)c(Cl)c(C)c2)c1. The lowest BCUT2D eigenvalue weighted by atomic mass is 10.00. The van der Waals surface area contributed by atoms with Crippen molar-refractivity contribution < 1.29 is 9.53 Å². The summed E-state index contributed by atoms with van der Waals surface area (Å²) in [6.07, 6.45) is -0.590. The number of rotatable bonds is 5. The molecule has 2 atom stereocenters. The minimum atomic E-state index is -0.590. The standard InChI is InChI=1S/C21H26ClNO2/c1-12-7-8-13(2)19(9-12)16(5)23-21(24)17(6)25-18-10-14(3)20(22)15(4)11-18/h7-11,16-17H,1-6H3,(H,23,24). The zero-order chi connectivity index (χ0) is 18.7. The van der Waals surface area contributed by atoms with E-state index in [1.54, 1.807) is 6.92 Å². The van der Waals surface area contributed by atoms with Crippen molar-refractivity contribution in [2.24, 2.45) is 0 Å². The number of carbonyl (C=O) groups excluding carboxylic acids is 1. The molecule has 0 spiro atoms. The van der Waals surface area contributed by atoms with Crippen molar-refractivity contribution in [1.82, 2.24) is 5.32 Å². The van der Waals surface area contributed by atoms with Crippen molar-refractivity contribution in [2.45, 2.75) is 53.7 Å². The van der Waals surface area contributed by atoms with E-state index in [2.05, 4.69) is 37.4 Å². The summed E-state index contributed by atoms with van der Waals surface area (Å²) in [5, 5.41) is 3.76. The first-order valence-electron chi connectivity index (χ1n) is 8.50. The van der Waals surface area contributed by atoms with Crippen molar-refractivity contribution in [3.63, 3.8) is 0 Å². The summed E-state index contributed by atoms with van der Waals surface area (Å²) in [6.45, 7) is 11.7. The maximum atomic E-state index is 12.5. The van der Waals surface area contributed by atoms with Gasteiger partial charge in [0.15, 0.2) is 6.10 Å². The van der Waals surface area contributed by atoms with Gasteiger partial charge in [0.2, 0.25) is 0 Å². The molecule has 0 heterocycles. The molecule has 2 unspecified atom stereocenters. The number of benzene rings is 2. The Morgan fingerprint density at radius 3 is 2.20 bits per heavy atom. The summed E-state index contributed by atoms with van der Waals surface area (Å²) in [5.74, 6) is 0.514. The molecule has 0 saturated carbocycles. The second-order valence-electron chi connectivity index (χ2n) is 6.72. The molecule has 25 heavy (non-hydrogen) atoms. The van der Waals surface area contributed by atoms with Gasteiger partial charge < -0.3 is 10.1 Å². The molecule has 0 fully saturated rings. The Morgan fingerprint density at radius 2 is 1.60 bits per heavy atom. The monoisotopic (exact) mass is 359 g/mol. The van der Waals surface area contributed by atoms with E-state index in [1.165, 1.54) is 5.56 Å². The zero-order valence-electron chi connectivity index (χ0n) is 15.7. The number of amides is 1. The van der Waals surface area contributed by atoms with Crippen molar-refractivity contribution in [1.29, 1.82) is 0 Å². The lowest BCUT2D eigenvalue weighted by molar-refractivity contribution is -0.127. The number of hydrogen-bond acceptors (Lipinski definition) is 2. The number of nitrogens with one attached hydrogen (secondary N) is 1.